The van der Waals surface area contributed by atoms with Crippen LogP contribution < -0.4 is 9.47 Å². The molecule has 0 amide bonds. The van der Waals surface area contributed by atoms with Gasteiger partial charge in [0.25, 0.3) is 0 Å². The van der Waals surface area contributed by atoms with E-state index in [2.05, 4.69) is 0 Å². The van der Waals surface area contributed by atoms with Gasteiger partial charge in [-0.3, -0.25) is 0 Å². The summed E-state index contributed by atoms with van der Waals surface area (Å²) < 4.78 is 16.1. The van der Waals surface area contributed by atoms with Crippen LogP contribution in [0.2, 0.25) is 0 Å². The Hall–Kier alpha value is -2.53. The second-order valence-electron chi connectivity index (χ2n) is 6.16. The van der Waals surface area contributed by atoms with Crippen molar-refractivity contribution < 1.29 is 24.1 Å². The number of aliphatic hydroxyl groups is 1. The number of hydrogen-bond acceptors (Lipinski definition) is 5. The van der Waals surface area contributed by atoms with E-state index in [1.54, 1.807) is 38.5 Å². The van der Waals surface area contributed by atoms with Crippen LogP contribution >= 0.6 is 0 Å². The molecule has 26 heavy (non-hydrogen) atoms. The van der Waals surface area contributed by atoms with Crippen LogP contribution in [0.25, 0.3) is 0 Å². The minimum absolute atomic E-state index is 0.254. The molecule has 2 rings (SSSR count). The van der Waals surface area contributed by atoms with Gasteiger partial charge in [0.1, 0.15) is 17.6 Å². The molecule has 0 radical (unpaired) electrons. The van der Waals surface area contributed by atoms with Gasteiger partial charge < -0.3 is 19.3 Å². The minimum atomic E-state index is -0.578. The van der Waals surface area contributed by atoms with Gasteiger partial charge in [-0.1, -0.05) is 26.0 Å². The zero-order valence-corrected chi connectivity index (χ0v) is 15.6. The van der Waals surface area contributed by atoms with Crippen molar-refractivity contribution in [2.75, 3.05) is 14.2 Å². The molecule has 0 aliphatic carbocycles. The van der Waals surface area contributed by atoms with Crippen LogP contribution in [-0.2, 0) is 4.74 Å². The number of methoxy groups -OCH3 is 2. The molecule has 5 nitrogen and oxygen atoms in total. The first-order valence-corrected chi connectivity index (χ1v) is 8.67. The first kappa shape index (κ1) is 19.8. The Bertz CT molecular complexity index is 693. The molecule has 0 unspecified atom stereocenters. The second kappa shape index (κ2) is 9.25. The first-order valence-electron chi connectivity index (χ1n) is 8.67. The van der Waals surface area contributed by atoms with Crippen LogP contribution in [0, 0.1) is 5.92 Å². The molecule has 0 heterocycles. The lowest BCUT2D eigenvalue weighted by Crippen LogP contribution is -2.27. The Kier molecular flexibility index (Phi) is 7.04. The molecule has 3 atom stereocenters. The van der Waals surface area contributed by atoms with E-state index in [9.17, 15) is 9.90 Å². The molecule has 0 aliphatic heterocycles. The summed E-state index contributed by atoms with van der Waals surface area (Å²) in [4.78, 5) is 12.6. The van der Waals surface area contributed by atoms with Crippen molar-refractivity contribution in [3.63, 3.8) is 0 Å². The zero-order valence-electron chi connectivity index (χ0n) is 15.6. The number of esters is 1. The molecule has 0 fully saturated rings. The standard InChI is InChI=1S/C21H26O5/c1-5-19(22)14(2)20(15-6-10-17(24-3)11-7-15)26-21(23)16-8-12-18(25-4)13-9-16/h6-14,19-20,22H,5H2,1-4H3/t14-,19+,20-/m0/s1. The van der Waals surface area contributed by atoms with Crippen LogP contribution in [0.1, 0.15) is 42.3 Å². The normalized spacial score (nSPS) is 14.2. The third-order valence-corrected chi connectivity index (χ3v) is 4.51. The van der Waals surface area contributed by atoms with Gasteiger partial charge in [0.2, 0.25) is 0 Å². The molecular weight excluding hydrogens is 332 g/mol. The lowest BCUT2D eigenvalue weighted by Gasteiger charge is -2.28. The largest absolute Gasteiger partial charge is 0.497 e. The smallest absolute Gasteiger partial charge is 0.338 e. The van der Waals surface area contributed by atoms with Gasteiger partial charge in [0, 0.05) is 5.92 Å². The molecule has 1 N–H and O–H groups in total. The Morgan fingerprint density at radius 1 is 0.962 bits per heavy atom. The first-order chi connectivity index (χ1) is 12.5. The topological polar surface area (TPSA) is 65.0 Å². The molecule has 2 aromatic carbocycles. The predicted molar refractivity (Wildman–Crippen MR) is 99.6 cm³/mol. The summed E-state index contributed by atoms with van der Waals surface area (Å²) in [7, 11) is 3.17. The lowest BCUT2D eigenvalue weighted by atomic mass is 9.91. The van der Waals surface area contributed by atoms with Crippen molar-refractivity contribution in [2.24, 2.45) is 5.92 Å². The summed E-state index contributed by atoms with van der Waals surface area (Å²) in [5.74, 6) is 0.694. The summed E-state index contributed by atoms with van der Waals surface area (Å²) in [6, 6.07) is 14.1. The average molecular weight is 358 g/mol. The quantitative estimate of drug-likeness (QED) is 0.722. The lowest BCUT2D eigenvalue weighted by molar-refractivity contribution is -0.0154. The van der Waals surface area contributed by atoms with E-state index in [1.165, 1.54) is 0 Å². The van der Waals surface area contributed by atoms with Crippen LogP contribution in [0.3, 0.4) is 0 Å². The fourth-order valence-corrected chi connectivity index (χ4v) is 2.76. The number of hydrogen-bond donors (Lipinski definition) is 1. The zero-order chi connectivity index (χ0) is 19.1. The predicted octanol–water partition coefficient (Wildman–Crippen LogP) is 4.01. The van der Waals surface area contributed by atoms with Gasteiger partial charge in [-0.2, -0.15) is 0 Å². The van der Waals surface area contributed by atoms with Crippen molar-refractivity contribution in [1.29, 1.82) is 0 Å². The van der Waals surface area contributed by atoms with E-state index in [-0.39, 0.29) is 5.92 Å². The molecule has 2 aromatic rings. The van der Waals surface area contributed by atoms with Gasteiger partial charge in [-0.05, 0) is 48.4 Å². The molecule has 0 spiro atoms. The highest BCUT2D eigenvalue weighted by Crippen LogP contribution is 2.31. The fraction of sp³-hybridized carbons (Fsp3) is 0.381. The third kappa shape index (κ3) is 4.76. The number of carbonyl (C=O) groups is 1. The molecule has 5 heteroatoms. The highest BCUT2D eigenvalue weighted by Gasteiger charge is 2.28. The maximum Gasteiger partial charge on any atom is 0.338 e. The Balaban J connectivity index is 2.25. The number of benzene rings is 2. The summed E-state index contributed by atoms with van der Waals surface area (Å²) in [6.45, 7) is 3.78. The van der Waals surface area contributed by atoms with Crippen molar-refractivity contribution in [3.8, 4) is 11.5 Å². The van der Waals surface area contributed by atoms with E-state index in [4.69, 9.17) is 14.2 Å². The number of rotatable bonds is 8. The summed E-state index contributed by atoms with van der Waals surface area (Å²) in [6.07, 6.45) is -0.565. The van der Waals surface area contributed by atoms with Crippen LogP contribution in [0.4, 0.5) is 0 Å². The number of aliphatic hydroxyl groups excluding tert-OH is 1. The van der Waals surface area contributed by atoms with Crippen molar-refractivity contribution in [2.45, 2.75) is 32.5 Å². The van der Waals surface area contributed by atoms with E-state index < -0.39 is 18.2 Å². The van der Waals surface area contributed by atoms with Crippen molar-refractivity contribution in [1.82, 2.24) is 0 Å². The van der Waals surface area contributed by atoms with Gasteiger partial charge in [-0.25, -0.2) is 4.79 Å². The second-order valence-corrected chi connectivity index (χ2v) is 6.16. The van der Waals surface area contributed by atoms with Gasteiger partial charge >= 0.3 is 5.97 Å². The highest BCUT2D eigenvalue weighted by molar-refractivity contribution is 5.89. The number of ether oxygens (including phenoxy) is 3. The van der Waals surface area contributed by atoms with Crippen LogP contribution in [0.5, 0.6) is 11.5 Å². The van der Waals surface area contributed by atoms with E-state index >= 15 is 0 Å². The van der Waals surface area contributed by atoms with Crippen LogP contribution in [-0.4, -0.2) is 31.4 Å². The monoisotopic (exact) mass is 358 g/mol. The fourth-order valence-electron chi connectivity index (χ4n) is 2.76. The maximum atomic E-state index is 12.6. The summed E-state index contributed by atoms with van der Waals surface area (Å²) >= 11 is 0. The van der Waals surface area contributed by atoms with E-state index in [0.717, 1.165) is 11.3 Å². The molecule has 0 bridgehead atoms. The third-order valence-electron chi connectivity index (χ3n) is 4.51. The maximum absolute atomic E-state index is 12.6. The SMILES string of the molecule is CC[C@@H](O)[C@H](C)[C@H](OC(=O)c1ccc(OC)cc1)c1ccc(OC)cc1. The summed E-state index contributed by atoms with van der Waals surface area (Å²) in [5.41, 5.74) is 1.25. The van der Waals surface area contributed by atoms with E-state index in [0.29, 0.717) is 17.7 Å². The van der Waals surface area contributed by atoms with Gasteiger partial charge in [-0.15, -0.1) is 0 Å². The number of carbonyl (C=O) groups excluding carboxylic acids is 1. The van der Waals surface area contributed by atoms with E-state index in [1.807, 2.05) is 38.1 Å². The minimum Gasteiger partial charge on any atom is -0.497 e. The van der Waals surface area contributed by atoms with Gasteiger partial charge in [0.15, 0.2) is 0 Å². The average Bonchev–Trinajstić information content (AvgIpc) is 2.70. The molecule has 0 saturated heterocycles. The van der Waals surface area contributed by atoms with Gasteiger partial charge in [0.05, 0.1) is 25.9 Å². The Morgan fingerprint density at radius 3 is 1.92 bits per heavy atom. The van der Waals surface area contributed by atoms with Crippen molar-refractivity contribution >= 4 is 5.97 Å². The van der Waals surface area contributed by atoms with Crippen LogP contribution in [0.15, 0.2) is 48.5 Å². The molecule has 0 aromatic heterocycles. The highest BCUT2D eigenvalue weighted by atomic mass is 16.5. The molecule has 0 saturated carbocycles. The summed E-state index contributed by atoms with van der Waals surface area (Å²) in [5, 5.41) is 10.3. The molecular formula is C21H26O5. The Morgan fingerprint density at radius 2 is 1.46 bits per heavy atom. The molecule has 0 aliphatic rings. The molecule has 140 valence electrons. The Labute approximate surface area is 154 Å². The van der Waals surface area contributed by atoms with Crippen molar-refractivity contribution in [3.05, 3.63) is 59.7 Å².